The number of hydrogen-bond acceptors (Lipinski definition) is 8. The van der Waals surface area contributed by atoms with Gasteiger partial charge in [0.15, 0.2) is 0 Å². The summed E-state index contributed by atoms with van der Waals surface area (Å²) in [5, 5.41) is 54.7. The summed E-state index contributed by atoms with van der Waals surface area (Å²) in [4.78, 5) is 19.9. The van der Waals surface area contributed by atoms with E-state index in [0.29, 0.717) is 0 Å². The van der Waals surface area contributed by atoms with Crippen molar-refractivity contribution in [3.8, 4) is 0 Å². The van der Waals surface area contributed by atoms with E-state index in [9.17, 15) is 19.8 Å². The third-order valence-corrected chi connectivity index (χ3v) is 3.05. The Morgan fingerprint density at radius 1 is 0.875 bits per heavy atom. The number of rotatable bonds is 7. The quantitative estimate of drug-likeness (QED) is 0.278. The molecule has 1 rings (SSSR count). The Labute approximate surface area is 137 Å². The Morgan fingerprint density at radius 3 is 1.46 bits per heavy atom. The van der Waals surface area contributed by atoms with Gasteiger partial charge in [0.2, 0.25) is 0 Å². The average Bonchev–Trinajstić information content (AvgIpc) is 2.59. The molecule has 0 saturated heterocycles. The zero-order valence-electron chi connectivity index (χ0n) is 12.9. The fraction of sp³-hybridized carbons (Fsp3) is 0.429. The molecule has 1 aromatic rings. The van der Waals surface area contributed by atoms with E-state index < -0.39 is 36.4 Å². The zero-order chi connectivity index (χ0) is 18.9. The maximum Gasteiger partial charge on any atom is 0.122 e. The first-order valence-corrected chi connectivity index (χ1v) is 6.96. The summed E-state index contributed by atoms with van der Waals surface area (Å²) in [6, 6.07) is 8.39. The highest BCUT2D eigenvalue weighted by Gasteiger charge is 2.31. The van der Waals surface area contributed by atoms with Crippen LogP contribution < -0.4 is 21.7 Å². The largest absolute Gasteiger partial charge is 0.547 e. The highest BCUT2D eigenvalue weighted by Crippen LogP contribution is 2.04. The van der Waals surface area contributed by atoms with Crippen LogP contribution in [0.25, 0.3) is 0 Å². The van der Waals surface area contributed by atoms with Gasteiger partial charge in [0, 0.05) is 11.1 Å². The highest BCUT2D eigenvalue weighted by molar-refractivity contribution is 5.72. The molecule has 0 unspecified atom stereocenters. The van der Waals surface area contributed by atoms with Crippen molar-refractivity contribution in [1.29, 1.82) is 0 Å². The second kappa shape index (κ2) is 10.6. The molecule has 10 N–H and O–H groups in total. The van der Waals surface area contributed by atoms with Crippen LogP contribution in [-0.4, -0.2) is 56.8 Å². The van der Waals surface area contributed by atoms with E-state index in [1.807, 2.05) is 0 Å². The number of carbonyl (C=O) groups excluding carboxylic acids is 2. The maximum absolute atomic E-state index is 9.96. The van der Waals surface area contributed by atoms with E-state index in [-0.39, 0.29) is 0 Å². The zero-order valence-corrected chi connectivity index (χ0v) is 12.9. The van der Waals surface area contributed by atoms with Crippen molar-refractivity contribution in [1.82, 2.24) is 0 Å². The van der Waals surface area contributed by atoms with Gasteiger partial charge in [-0.3, -0.25) is 0 Å². The van der Waals surface area contributed by atoms with Crippen LogP contribution >= 0.6 is 0 Å². The Hall–Kier alpha value is -2.08. The van der Waals surface area contributed by atoms with Gasteiger partial charge in [0.1, 0.15) is 24.4 Å². The van der Waals surface area contributed by atoms with Crippen molar-refractivity contribution >= 4 is 11.9 Å². The molecule has 10 heteroatoms. The predicted octanol–water partition coefficient (Wildman–Crippen LogP) is -6.90. The molecule has 0 aliphatic heterocycles. The molecule has 0 amide bonds. The number of benzene rings is 1. The minimum absolute atomic E-state index is 0.869. The molecule has 136 valence electrons. The van der Waals surface area contributed by atoms with Crippen molar-refractivity contribution < 1.29 is 51.7 Å². The summed E-state index contributed by atoms with van der Waals surface area (Å²) in [6.45, 7) is 1.74. The molecule has 1 aromatic carbocycles. The molecule has 4 atom stereocenters. The summed E-state index contributed by atoms with van der Waals surface area (Å²) in [5.41, 5.74) is 10.2. The third kappa shape index (κ3) is 7.00. The second-order valence-electron chi connectivity index (χ2n) is 4.83. The molecule has 0 fully saturated rings. The Bertz CT molecular complexity index is 496. The topological polar surface area (TPSA) is 216 Å². The van der Waals surface area contributed by atoms with Gasteiger partial charge in [-0.25, -0.2) is 0 Å². The monoisotopic (exact) mass is 346 g/mol. The van der Waals surface area contributed by atoms with Crippen LogP contribution in [0.4, 0.5) is 0 Å². The van der Waals surface area contributed by atoms with Crippen molar-refractivity contribution in [2.75, 3.05) is 0 Å². The number of aliphatic hydroxyl groups is 4. The van der Waals surface area contributed by atoms with Crippen molar-refractivity contribution in [2.45, 2.75) is 37.5 Å². The molecule has 24 heavy (non-hydrogen) atoms. The van der Waals surface area contributed by atoms with E-state index in [1.165, 1.54) is 11.1 Å². The number of carboxylic acids is 2. The number of quaternary nitrogens is 2. The highest BCUT2D eigenvalue weighted by atomic mass is 16.4. The predicted molar refractivity (Wildman–Crippen MR) is 73.7 cm³/mol. The van der Waals surface area contributed by atoms with Gasteiger partial charge in [-0.05, 0) is 6.07 Å². The molecular weight excluding hydrogens is 324 g/mol. The van der Waals surface area contributed by atoms with Gasteiger partial charge in [-0.1, -0.05) is 18.2 Å². The Morgan fingerprint density at radius 2 is 1.21 bits per heavy atom. The van der Waals surface area contributed by atoms with Crippen LogP contribution in [-0.2, 0) is 22.7 Å². The van der Waals surface area contributed by atoms with E-state index >= 15 is 0 Å². The van der Waals surface area contributed by atoms with Gasteiger partial charge in [-0.2, -0.15) is 0 Å². The summed E-state index contributed by atoms with van der Waals surface area (Å²) in [5.74, 6) is -4.22. The van der Waals surface area contributed by atoms with E-state index in [0.717, 1.165) is 13.1 Å². The van der Waals surface area contributed by atoms with E-state index in [2.05, 4.69) is 35.7 Å². The molecule has 0 bridgehead atoms. The molecule has 10 nitrogen and oxygen atoms in total. The average molecular weight is 346 g/mol. The van der Waals surface area contributed by atoms with Crippen LogP contribution in [0.3, 0.4) is 0 Å². The number of carboxylic acid groups (broad SMARTS) is 2. The molecule has 0 spiro atoms. The Kier molecular flexibility index (Phi) is 9.73. The molecule has 0 aliphatic rings. The van der Waals surface area contributed by atoms with Crippen LogP contribution in [0, 0.1) is 0 Å². The second-order valence-corrected chi connectivity index (χ2v) is 4.83. The van der Waals surface area contributed by atoms with Crippen LogP contribution in [0.5, 0.6) is 0 Å². The minimum Gasteiger partial charge on any atom is -0.547 e. The van der Waals surface area contributed by atoms with E-state index in [1.54, 1.807) is 0 Å². The number of aliphatic carboxylic acids is 2. The van der Waals surface area contributed by atoms with Crippen molar-refractivity contribution in [3.05, 3.63) is 35.4 Å². The summed E-state index contributed by atoms with van der Waals surface area (Å²) in [7, 11) is 0. The van der Waals surface area contributed by atoms with Crippen LogP contribution in [0.1, 0.15) is 11.1 Å². The lowest BCUT2D eigenvalue weighted by atomic mass is 10.0. The lowest BCUT2D eigenvalue weighted by molar-refractivity contribution is -0.388. The number of carbonyl (C=O) groups is 2. The lowest BCUT2D eigenvalue weighted by Crippen LogP contribution is -2.55. The fourth-order valence-corrected chi connectivity index (χ4v) is 1.59. The van der Waals surface area contributed by atoms with Gasteiger partial charge >= 0.3 is 0 Å². The van der Waals surface area contributed by atoms with Crippen LogP contribution in [0.15, 0.2) is 24.3 Å². The smallest absolute Gasteiger partial charge is 0.122 e. The normalized spacial score (nSPS) is 15.4. The van der Waals surface area contributed by atoms with Crippen molar-refractivity contribution in [2.24, 2.45) is 0 Å². The van der Waals surface area contributed by atoms with Crippen molar-refractivity contribution in [3.63, 3.8) is 0 Å². The van der Waals surface area contributed by atoms with Crippen LogP contribution in [0.2, 0.25) is 0 Å². The number of aliphatic hydroxyl groups excluding tert-OH is 4. The first kappa shape index (κ1) is 21.9. The molecule has 0 aromatic heterocycles. The fourth-order valence-electron chi connectivity index (χ4n) is 1.59. The molecule has 0 radical (unpaired) electrons. The molecular formula is C14H22N2O8. The standard InChI is InChI=1S/C8H12N2.C6H10O8/c9-5-7-2-1-3-8(4-7)6-10;7-1(3(9)5(11)12)2(8)4(10)6(13)14/h1-4H,5-6,9-10H2;1-4,7-10H,(H,11,12)(H,13,14)/t;1-,2-,3-,4+/m.0/s1. The minimum atomic E-state index is -2.50. The maximum atomic E-state index is 9.96. The Balaban J connectivity index is 0.000000463. The molecule has 0 saturated carbocycles. The van der Waals surface area contributed by atoms with Gasteiger partial charge < -0.3 is 51.7 Å². The first-order valence-electron chi connectivity index (χ1n) is 6.96. The summed E-state index contributed by atoms with van der Waals surface area (Å²) < 4.78 is 0. The summed E-state index contributed by atoms with van der Waals surface area (Å²) in [6.07, 6.45) is -9.76. The first-order chi connectivity index (χ1) is 11.1. The third-order valence-electron chi connectivity index (χ3n) is 3.05. The van der Waals surface area contributed by atoms with E-state index in [4.69, 9.17) is 20.4 Å². The molecule has 0 heterocycles. The summed E-state index contributed by atoms with van der Waals surface area (Å²) >= 11 is 0. The van der Waals surface area contributed by atoms with Gasteiger partial charge in [-0.15, -0.1) is 0 Å². The number of hydrogen-bond donors (Lipinski definition) is 6. The SMILES string of the molecule is O=C([O-])[C@@H](O)[C@@H](O)[C@H](O)[C@@H](O)C(=O)[O-].[NH3+]Cc1cccc(C[NH3+])c1. The van der Waals surface area contributed by atoms with Gasteiger partial charge in [0.05, 0.1) is 25.0 Å². The lowest BCUT2D eigenvalue weighted by Gasteiger charge is -2.27. The van der Waals surface area contributed by atoms with Gasteiger partial charge in [0.25, 0.3) is 0 Å². The molecule has 0 aliphatic carbocycles.